The van der Waals surface area contributed by atoms with Gasteiger partial charge in [0.25, 0.3) is 5.56 Å². The number of hydrogen-bond donors (Lipinski definition) is 0. The van der Waals surface area contributed by atoms with Gasteiger partial charge in [-0.1, -0.05) is 12.1 Å². The summed E-state index contributed by atoms with van der Waals surface area (Å²) in [6.07, 6.45) is -1.61. The van der Waals surface area contributed by atoms with Crippen molar-refractivity contribution < 1.29 is 22.7 Å². The summed E-state index contributed by atoms with van der Waals surface area (Å²) >= 11 is 0. The second-order valence-electron chi connectivity index (χ2n) is 5.44. The van der Waals surface area contributed by atoms with Crippen molar-refractivity contribution in [1.29, 1.82) is 0 Å². The highest BCUT2D eigenvalue weighted by Crippen LogP contribution is 2.30. The number of halogens is 3. The highest BCUT2D eigenvalue weighted by Gasteiger charge is 2.30. The van der Waals surface area contributed by atoms with Gasteiger partial charge < -0.3 is 4.74 Å². The summed E-state index contributed by atoms with van der Waals surface area (Å²) in [5, 5.41) is 4.16. The number of carbonyl (C=O) groups is 1. The zero-order valence-corrected chi connectivity index (χ0v) is 13.9. The first kappa shape index (κ1) is 18.3. The molecule has 0 unspecified atom stereocenters. The predicted octanol–water partition coefficient (Wildman–Crippen LogP) is 3.10. The molecule has 0 amide bonds. The second-order valence-corrected chi connectivity index (χ2v) is 5.44. The molecule has 0 fully saturated rings. The van der Waals surface area contributed by atoms with Gasteiger partial charge in [-0.3, -0.25) is 9.78 Å². The molecule has 0 aliphatic carbocycles. The standard InChI is InChI=1S/C18H12F3N3O3/c1-27-17(26)14-9-15(11-4-6-12(7-5-11)18(19,20)21)23-24(16(14)25)13-3-2-8-22-10-13/h2-10H,1H3. The molecular formula is C18H12F3N3O3. The third-order valence-electron chi connectivity index (χ3n) is 3.72. The van der Waals surface area contributed by atoms with Crippen molar-refractivity contribution in [2.24, 2.45) is 0 Å². The van der Waals surface area contributed by atoms with E-state index in [0.29, 0.717) is 11.3 Å². The molecule has 0 radical (unpaired) electrons. The Labute approximate surface area is 150 Å². The monoisotopic (exact) mass is 375 g/mol. The van der Waals surface area contributed by atoms with Crippen LogP contribution < -0.4 is 5.56 Å². The molecule has 0 saturated heterocycles. The molecular weight excluding hydrogens is 363 g/mol. The smallest absolute Gasteiger partial charge is 0.416 e. The summed E-state index contributed by atoms with van der Waals surface area (Å²) < 4.78 is 43.8. The number of hydrogen-bond acceptors (Lipinski definition) is 5. The number of rotatable bonds is 3. The van der Waals surface area contributed by atoms with E-state index in [-0.39, 0.29) is 11.3 Å². The maximum Gasteiger partial charge on any atom is 0.416 e. The largest absolute Gasteiger partial charge is 0.465 e. The van der Waals surface area contributed by atoms with Crippen LogP contribution in [0.4, 0.5) is 13.2 Å². The molecule has 0 spiro atoms. The van der Waals surface area contributed by atoms with E-state index in [1.807, 2.05) is 0 Å². The Morgan fingerprint density at radius 3 is 2.41 bits per heavy atom. The molecule has 0 atom stereocenters. The van der Waals surface area contributed by atoms with Crippen molar-refractivity contribution in [1.82, 2.24) is 14.8 Å². The Hall–Kier alpha value is -3.49. The summed E-state index contributed by atoms with van der Waals surface area (Å²) in [7, 11) is 1.12. The molecule has 0 bridgehead atoms. The molecule has 3 rings (SSSR count). The molecule has 2 heterocycles. The van der Waals surface area contributed by atoms with Crippen LogP contribution in [0.1, 0.15) is 15.9 Å². The highest BCUT2D eigenvalue weighted by molar-refractivity contribution is 5.90. The summed E-state index contributed by atoms with van der Waals surface area (Å²) in [5.41, 5.74) is -1.13. The SMILES string of the molecule is COC(=O)c1cc(-c2ccc(C(F)(F)F)cc2)nn(-c2cccnc2)c1=O. The first-order valence-electron chi connectivity index (χ1n) is 7.62. The summed E-state index contributed by atoms with van der Waals surface area (Å²) in [6, 6.07) is 8.53. The molecule has 138 valence electrons. The first-order valence-corrected chi connectivity index (χ1v) is 7.62. The molecule has 6 nitrogen and oxygen atoms in total. The van der Waals surface area contributed by atoms with Crippen LogP contribution in [0.15, 0.2) is 59.7 Å². The van der Waals surface area contributed by atoms with E-state index in [4.69, 9.17) is 0 Å². The van der Waals surface area contributed by atoms with Gasteiger partial charge in [0.05, 0.1) is 30.3 Å². The van der Waals surface area contributed by atoms with Crippen LogP contribution in [0, 0.1) is 0 Å². The summed E-state index contributed by atoms with van der Waals surface area (Å²) in [5.74, 6) is -0.881. The lowest BCUT2D eigenvalue weighted by atomic mass is 10.1. The fourth-order valence-electron chi connectivity index (χ4n) is 2.38. The fourth-order valence-corrected chi connectivity index (χ4v) is 2.38. The van der Waals surface area contributed by atoms with Crippen LogP contribution in [0.25, 0.3) is 16.9 Å². The number of pyridine rings is 1. The predicted molar refractivity (Wildman–Crippen MR) is 89.4 cm³/mol. The third kappa shape index (κ3) is 3.71. The number of aromatic nitrogens is 3. The minimum absolute atomic E-state index is 0.132. The molecule has 27 heavy (non-hydrogen) atoms. The number of carbonyl (C=O) groups excluding carboxylic acids is 1. The lowest BCUT2D eigenvalue weighted by Crippen LogP contribution is -2.28. The van der Waals surface area contributed by atoms with Crippen LogP contribution in [0.5, 0.6) is 0 Å². The Kier molecular flexibility index (Phi) is 4.76. The van der Waals surface area contributed by atoms with Gasteiger partial charge >= 0.3 is 12.1 Å². The molecule has 0 aliphatic rings. The van der Waals surface area contributed by atoms with Crippen molar-refractivity contribution >= 4 is 5.97 Å². The normalized spacial score (nSPS) is 11.3. The van der Waals surface area contributed by atoms with Gasteiger partial charge in [-0.25, -0.2) is 4.79 Å². The third-order valence-corrected chi connectivity index (χ3v) is 3.72. The number of ether oxygens (including phenoxy) is 1. The molecule has 0 aliphatic heterocycles. The Morgan fingerprint density at radius 2 is 1.85 bits per heavy atom. The van der Waals surface area contributed by atoms with Crippen molar-refractivity contribution in [3.8, 4) is 16.9 Å². The summed E-state index contributed by atoms with van der Waals surface area (Å²) in [6.45, 7) is 0. The summed E-state index contributed by atoms with van der Waals surface area (Å²) in [4.78, 5) is 28.4. The van der Waals surface area contributed by atoms with Gasteiger partial charge in [-0.15, -0.1) is 0 Å². The van der Waals surface area contributed by atoms with E-state index in [0.717, 1.165) is 23.9 Å². The Morgan fingerprint density at radius 1 is 1.15 bits per heavy atom. The minimum Gasteiger partial charge on any atom is -0.465 e. The van der Waals surface area contributed by atoms with Crippen LogP contribution in [0.3, 0.4) is 0 Å². The highest BCUT2D eigenvalue weighted by atomic mass is 19.4. The Balaban J connectivity index is 2.18. The van der Waals surface area contributed by atoms with Crippen molar-refractivity contribution in [3.63, 3.8) is 0 Å². The van der Waals surface area contributed by atoms with Crippen LogP contribution in [0.2, 0.25) is 0 Å². The second kappa shape index (κ2) is 7.02. The number of alkyl halides is 3. The lowest BCUT2D eigenvalue weighted by Gasteiger charge is -2.11. The van der Waals surface area contributed by atoms with E-state index in [2.05, 4.69) is 14.8 Å². The number of benzene rings is 1. The van der Waals surface area contributed by atoms with Crippen LogP contribution in [-0.2, 0) is 10.9 Å². The molecule has 9 heteroatoms. The van der Waals surface area contributed by atoms with E-state index in [1.165, 1.54) is 30.6 Å². The first-order chi connectivity index (χ1) is 12.8. The van der Waals surface area contributed by atoms with Gasteiger partial charge in [0.15, 0.2) is 0 Å². The zero-order valence-electron chi connectivity index (χ0n) is 13.9. The van der Waals surface area contributed by atoms with Gasteiger partial charge in [-0.05, 0) is 30.3 Å². The molecule has 0 saturated carbocycles. The average molecular weight is 375 g/mol. The zero-order chi connectivity index (χ0) is 19.6. The number of esters is 1. The molecule has 3 aromatic rings. The van der Waals surface area contributed by atoms with E-state index < -0.39 is 23.3 Å². The lowest BCUT2D eigenvalue weighted by molar-refractivity contribution is -0.137. The fraction of sp³-hybridized carbons (Fsp3) is 0.111. The van der Waals surface area contributed by atoms with E-state index in [1.54, 1.807) is 12.1 Å². The molecule has 1 aromatic carbocycles. The maximum atomic E-state index is 12.7. The topological polar surface area (TPSA) is 74.1 Å². The maximum absolute atomic E-state index is 12.7. The van der Waals surface area contributed by atoms with E-state index in [9.17, 15) is 22.8 Å². The Bertz CT molecular complexity index is 1030. The van der Waals surface area contributed by atoms with Crippen molar-refractivity contribution in [2.45, 2.75) is 6.18 Å². The van der Waals surface area contributed by atoms with Gasteiger partial charge in [-0.2, -0.15) is 23.0 Å². The molecule has 0 N–H and O–H groups in total. The number of methoxy groups -OCH3 is 1. The average Bonchev–Trinajstić information content (AvgIpc) is 2.67. The van der Waals surface area contributed by atoms with Crippen LogP contribution >= 0.6 is 0 Å². The van der Waals surface area contributed by atoms with Gasteiger partial charge in [0.1, 0.15) is 5.56 Å². The van der Waals surface area contributed by atoms with Crippen molar-refractivity contribution in [3.05, 3.63) is 76.3 Å². The minimum atomic E-state index is -4.47. The van der Waals surface area contributed by atoms with E-state index >= 15 is 0 Å². The van der Waals surface area contributed by atoms with Crippen LogP contribution in [-0.4, -0.2) is 27.8 Å². The quantitative estimate of drug-likeness (QED) is 0.658. The van der Waals surface area contributed by atoms with Gasteiger partial charge in [0.2, 0.25) is 0 Å². The van der Waals surface area contributed by atoms with Crippen molar-refractivity contribution in [2.75, 3.05) is 7.11 Å². The van der Waals surface area contributed by atoms with Gasteiger partial charge in [0, 0.05) is 11.8 Å². The number of nitrogens with zero attached hydrogens (tertiary/aromatic N) is 3. The molecule has 2 aromatic heterocycles.